The maximum Gasteiger partial charge on any atom is 0.145 e. The number of anilines is 2. The highest BCUT2D eigenvalue weighted by Gasteiger charge is 2.10. The minimum Gasteiger partial charge on any atom is -0.399 e. The number of benzene rings is 1. The fraction of sp³-hybridized carbons (Fsp3) is 0.231. The summed E-state index contributed by atoms with van der Waals surface area (Å²) < 4.78 is 1.06. The zero-order valence-electron chi connectivity index (χ0n) is 10.2. The van der Waals surface area contributed by atoms with Gasteiger partial charge in [-0.1, -0.05) is 12.1 Å². The van der Waals surface area contributed by atoms with Gasteiger partial charge < -0.3 is 10.6 Å². The van der Waals surface area contributed by atoms with E-state index in [0.29, 0.717) is 0 Å². The third-order valence-electron chi connectivity index (χ3n) is 2.65. The summed E-state index contributed by atoms with van der Waals surface area (Å²) in [5.41, 5.74) is 7.78. The molecule has 0 aliphatic carbocycles. The summed E-state index contributed by atoms with van der Waals surface area (Å²) in [6, 6.07) is 7.95. The predicted octanol–water partition coefficient (Wildman–Crippen LogP) is 2.69. The normalized spacial score (nSPS) is 10.3. The topological polar surface area (TPSA) is 55.0 Å². The minimum absolute atomic E-state index is 0.793. The molecule has 4 nitrogen and oxygen atoms in total. The van der Waals surface area contributed by atoms with Crippen LogP contribution in [-0.4, -0.2) is 16.5 Å². The fourth-order valence-electron chi connectivity index (χ4n) is 1.79. The van der Waals surface area contributed by atoms with Crippen LogP contribution < -0.4 is 10.6 Å². The van der Waals surface area contributed by atoms with E-state index in [1.807, 2.05) is 24.4 Å². The van der Waals surface area contributed by atoms with Crippen LogP contribution in [0, 0.1) is 3.57 Å². The molecule has 18 heavy (non-hydrogen) atoms. The van der Waals surface area contributed by atoms with E-state index in [9.17, 15) is 0 Å². The molecular weight excluding hydrogens is 339 g/mol. The molecule has 0 amide bonds. The lowest BCUT2D eigenvalue weighted by atomic mass is 10.2. The van der Waals surface area contributed by atoms with E-state index in [4.69, 9.17) is 5.73 Å². The Balaban J connectivity index is 2.23. The summed E-state index contributed by atoms with van der Waals surface area (Å²) in [4.78, 5) is 10.6. The van der Waals surface area contributed by atoms with Crippen LogP contribution in [-0.2, 0) is 6.54 Å². The van der Waals surface area contributed by atoms with E-state index in [1.54, 1.807) is 6.33 Å². The summed E-state index contributed by atoms with van der Waals surface area (Å²) in [6.45, 7) is 3.81. The van der Waals surface area contributed by atoms with Gasteiger partial charge in [0, 0.05) is 25.0 Å². The number of rotatable bonds is 4. The van der Waals surface area contributed by atoms with Gasteiger partial charge in [-0.15, -0.1) is 0 Å². The number of aromatic nitrogens is 2. The minimum atomic E-state index is 0.793. The zero-order valence-corrected chi connectivity index (χ0v) is 12.3. The Morgan fingerprint density at radius 1 is 1.39 bits per heavy atom. The summed E-state index contributed by atoms with van der Waals surface area (Å²) >= 11 is 2.26. The van der Waals surface area contributed by atoms with E-state index >= 15 is 0 Å². The molecule has 94 valence electrons. The summed E-state index contributed by atoms with van der Waals surface area (Å²) in [6.07, 6.45) is 3.41. The average Bonchev–Trinajstić information content (AvgIpc) is 2.37. The van der Waals surface area contributed by atoms with E-state index in [-0.39, 0.29) is 0 Å². The highest BCUT2D eigenvalue weighted by molar-refractivity contribution is 14.1. The van der Waals surface area contributed by atoms with Gasteiger partial charge in [0.2, 0.25) is 0 Å². The number of hydrogen-bond donors (Lipinski definition) is 1. The molecule has 5 heteroatoms. The monoisotopic (exact) mass is 354 g/mol. The molecule has 1 aromatic carbocycles. The molecule has 0 bridgehead atoms. The van der Waals surface area contributed by atoms with Crippen LogP contribution in [0.25, 0.3) is 0 Å². The van der Waals surface area contributed by atoms with E-state index < -0.39 is 0 Å². The van der Waals surface area contributed by atoms with Gasteiger partial charge in [-0.3, -0.25) is 0 Å². The average molecular weight is 354 g/mol. The Kier molecular flexibility index (Phi) is 4.35. The third kappa shape index (κ3) is 3.10. The van der Waals surface area contributed by atoms with Gasteiger partial charge in [0.15, 0.2) is 0 Å². The van der Waals surface area contributed by atoms with Crippen molar-refractivity contribution in [3.63, 3.8) is 0 Å². The SMILES string of the molecule is CCN(Cc1cccc(N)c1)c1ncncc1I. The molecule has 0 atom stereocenters. The molecule has 0 aliphatic heterocycles. The van der Waals surface area contributed by atoms with Crippen molar-refractivity contribution in [2.45, 2.75) is 13.5 Å². The molecule has 2 rings (SSSR count). The fourth-order valence-corrected chi connectivity index (χ4v) is 2.43. The van der Waals surface area contributed by atoms with Crippen molar-refractivity contribution >= 4 is 34.1 Å². The van der Waals surface area contributed by atoms with Gasteiger partial charge in [-0.2, -0.15) is 0 Å². The maximum atomic E-state index is 5.80. The Labute approximate surface area is 120 Å². The first-order chi connectivity index (χ1) is 8.70. The van der Waals surface area contributed by atoms with E-state index in [1.165, 1.54) is 5.56 Å². The molecule has 1 aromatic heterocycles. The van der Waals surface area contributed by atoms with Gasteiger partial charge in [0.25, 0.3) is 0 Å². The van der Waals surface area contributed by atoms with Crippen LogP contribution in [0.5, 0.6) is 0 Å². The third-order valence-corrected chi connectivity index (χ3v) is 3.41. The molecule has 2 aromatic rings. The molecule has 0 fully saturated rings. The van der Waals surface area contributed by atoms with Crippen LogP contribution in [0.1, 0.15) is 12.5 Å². The lowest BCUT2D eigenvalue weighted by Crippen LogP contribution is -2.24. The number of halogens is 1. The Bertz CT molecular complexity index is 530. The van der Waals surface area contributed by atoms with Crippen molar-refractivity contribution in [2.75, 3.05) is 17.2 Å². The van der Waals surface area contributed by atoms with Crippen molar-refractivity contribution < 1.29 is 0 Å². The molecule has 0 unspecified atom stereocenters. The Hall–Kier alpha value is -1.37. The predicted molar refractivity (Wildman–Crippen MR) is 82.3 cm³/mol. The molecule has 0 saturated carbocycles. The van der Waals surface area contributed by atoms with Crippen LogP contribution in [0.15, 0.2) is 36.8 Å². The number of nitrogens with two attached hydrogens (primary N) is 1. The lowest BCUT2D eigenvalue weighted by Gasteiger charge is -2.22. The number of nitrogens with zero attached hydrogens (tertiary/aromatic N) is 3. The van der Waals surface area contributed by atoms with Gasteiger partial charge in [0.05, 0.1) is 3.57 Å². The van der Waals surface area contributed by atoms with Crippen LogP contribution in [0.4, 0.5) is 11.5 Å². The van der Waals surface area contributed by atoms with Gasteiger partial charge in [-0.05, 0) is 47.2 Å². The van der Waals surface area contributed by atoms with Crippen molar-refractivity contribution in [3.05, 3.63) is 45.9 Å². The highest BCUT2D eigenvalue weighted by Crippen LogP contribution is 2.20. The van der Waals surface area contributed by atoms with Crippen LogP contribution in [0.3, 0.4) is 0 Å². The van der Waals surface area contributed by atoms with E-state index in [0.717, 1.165) is 28.2 Å². The van der Waals surface area contributed by atoms with Crippen molar-refractivity contribution in [3.8, 4) is 0 Å². The van der Waals surface area contributed by atoms with Crippen molar-refractivity contribution in [2.24, 2.45) is 0 Å². The number of hydrogen-bond acceptors (Lipinski definition) is 4. The van der Waals surface area contributed by atoms with Crippen molar-refractivity contribution in [1.82, 2.24) is 9.97 Å². The standard InChI is InChI=1S/C13H15IN4/c1-2-18(13-12(14)7-16-9-17-13)8-10-4-3-5-11(15)6-10/h3-7,9H,2,8,15H2,1H3. The van der Waals surface area contributed by atoms with Crippen LogP contribution >= 0.6 is 22.6 Å². The zero-order chi connectivity index (χ0) is 13.0. The van der Waals surface area contributed by atoms with E-state index in [2.05, 4.69) is 50.4 Å². The second kappa shape index (κ2) is 5.99. The molecule has 0 aliphatic rings. The second-order valence-corrected chi connectivity index (χ2v) is 5.12. The summed E-state index contributed by atoms with van der Waals surface area (Å²) in [5.74, 6) is 0.968. The summed E-state index contributed by atoms with van der Waals surface area (Å²) in [5, 5.41) is 0. The van der Waals surface area contributed by atoms with Gasteiger partial charge in [-0.25, -0.2) is 9.97 Å². The van der Waals surface area contributed by atoms with Gasteiger partial charge >= 0.3 is 0 Å². The highest BCUT2D eigenvalue weighted by atomic mass is 127. The Morgan fingerprint density at radius 3 is 2.89 bits per heavy atom. The Morgan fingerprint density at radius 2 is 2.22 bits per heavy atom. The first-order valence-corrected chi connectivity index (χ1v) is 6.83. The largest absolute Gasteiger partial charge is 0.399 e. The molecule has 1 heterocycles. The molecule has 2 N–H and O–H groups in total. The smallest absolute Gasteiger partial charge is 0.145 e. The maximum absolute atomic E-state index is 5.80. The van der Waals surface area contributed by atoms with Crippen LogP contribution in [0.2, 0.25) is 0 Å². The van der Waals surface area contributed by atoms with Gasteiger partial charge in [0.1, 0.15) is 12.1 Å². The number of nitrogen functional groups attached to an aromatic ring is 1. The quantitative estimate of drug-likeness (QED) is 0.678. The first-order valence-electron chi connectivity index (χ1n) is 5.75. The summed E-state index contributed by atoms with van der Waals surface area (Å²) in [7, 11) is 0. The molecule has 0 spiro atoms. The second-order valence-electron chi connectivity index (χ2n) is 3.95. The molecule has 0 saturated heterocycles. The molecule has 0 radical (unpaired) electrons. The first kappa shape index (κ1) is 13.1. The lowest BCUT2D eigenvalue weighted by molar-refractivity contribution is 0.806. The molecular formula is C13H15IN4. The van der Waals surface area contributed by atoms with Crippen molar-refractivity contribution in [1.29, 1.82) is 0 Å².